The van der Waals surface area contributed by atoms with E-state index in [0.29, 0.717) is 28.1 Å². The predicted octanol–water partition coefficient (Wildman–Crippen LogP) is 4.39. The topological polar surface area (TPSA) is 50.2 Å². The summed E-state index contributed by atoms with van der Waals surface area (Å²) in [5.74, 6) is 0.209. The number of hydrogen-bond acceptors (Lipinski definition) is 4. The molecule has 0 unspecified atom stereocenters. The second kappa shape index (κ2) is 5.25. The van der Waals surface area contributed by atoms with Gasteiger partial charge in [0.25, 0.3) is 0 Å². The zero-order valence-electron chi connectivity index (χ0n) is 12.4. The fourth-order valence-corrected chi connectivity index (χ4v) is 3.57. The Balaban J connectivity index is 2.02. The Kier molecular flexibility index (Phi) is 3.20. The lowest BCUT2D eigenvalue weighted by Gasteiger charge is -2.10. The lowest BCUT2D eigenvalue weighted by Crippen LogP contribution is -1.99. The van der Waals surface area contributed by atoms with Gasteiger partial charge in [-0.25, -0.2) is 4.98 Å². The van der Waals surface area contributed by atoms with Gasteiger partial charge in [-0.15, -0.1) is 11.8 Å². The van der Waals surface area contributed by atoms with Gasteiger partial charge in [0.2, 0.25) is 0 Å². The number of para-hydroxylation sites is 1. The minimum Gasteiger partial charge on any atom is -0.507 e. The molecule has 0 fully saturated rings. The Morgan fingerprint density at radius 1 is 0.957 bits per heavy atom. The summed E-state index contributed by atoms with van der Waals surface area (Å²) in [7, 11) is 0. The second-order valence-electron chi connectivity index (χ2n) is 5.33. The van der Waals surface area contributed by atoms with Crippen LogP contribution >= 0.6 is 11.8 Å². The molecule has 2 aromatic carbocycles. The average molecular weight is 319 g/mol. The van der Waals surface area contributed by atoms with E-state index in [-0.39, 0.29) is 11.5 Å². The van der Waals surface area contributed by atoms with Gasteiger partial charge in [0.05, 0.1) is 17.0 Å². The molecule has 1 N–H and O–H groups in total. The van der Waals surface area contributed by atoms with E-state index in [2.05, 4.69) is 0 Å². The van der Waals surface area contributed by atoms with Crippen LogP contribution in [0, 0.1) is 0 Å². The number of pyridine rings is 1. The number of carbonyl (C=O) groups is 1. The van der Waals surface area contributed by atoms with Crippen molar-refractivity contribution in [1.29, 1.82) is 0 Å². The molecule has 0 bridgehead atoms. The Bertz CT molecular complexity index is 950. The predicted molar refractivity (Wildman–Crippen MR) is 92.0 cm³/mol. The highest BCUT2D eigenvalue weighted by atomic mass is 32.2. The van der Waals surface area contributed by atoms with Gasteiger partial charge in [0.15, 0.2) is 5.78 Å². The van der Waals surface area contributed by atoms with Crippen LogP contribution in [0.5, 0.6) is 5.75 Å². The molecule has 1 aliphatic carbocycles. The van der Waals surface area contributed by atoms with Crippen molar-refractivity contribution in [2.24, 2.45) is 0 Å². The smallest absolute Gasteiger partial charge is 0.197 e. The maximum absolute atomic E-state index is 12.7. The first-order valence-corrected chi connectivity index (χ1v) is 8.44. The normalized spacial score (nSPS) is 12.1. The van der Waals surface area contributed by atoms with Gasteiger partial charge < -0.3 is 5.11 Å². The fourth-order valence-electron chi connectivity index (χ4n) is 2.95. The molecule has 112 valence electrons. The van der Waals surface area contributed by atoms with E-state index in [1.807, 2.05) is 48.7 Å². The van der Waals surface area contributed by atoms with Gasteiger partial charge in [-0.1, -0.05) is 36.4 Å². The summed E-state index contributed by atoms with van der Waals surface area (Å²) in [6.07, 6.45) is 1.94. The Morgan fingerprint density at radius 2 is 1.61 bits per heavy atom. The maximum atomic E-state index is 12.7. The van der Waals surface area contributed by atoms with Crippen molar-refractivity contribution in [2.45, 2.75) is 4.90 Å². The molecule has 0 amide bonds. The summed E-state index contributed by atoms with van der Waals surface area (Å²) in [5.41, 5.74) is 4.27. The standard InChI is InChI=1S/C19H13NO2S/c1-23-16-10-14(13-8-4-5-9-15(13)21)20-18-11-6-2-3-7-12(11)19(22)17(16)18/h2-10,21H,1H3. The van der Waals surface area contributed by atoms with Crippen LogP contribution in [-0.4, -0.2) is 22.1 Å². The molecule has 1 aromatic heterocycles. The summed E-state index contributed by atoms with van der Waals surface area (Å²) in [6, 6.07) is 16.5. The van der Waals surface area contributed by atoms with Gasteiger partial charge >= 0.3 is 0 Å². The number of phenols is 1. The largest absolute Gasteiger partial charge is 0.507 e. The van der Waals surface area contributed by atoms with Crippen LogP contribution in [0.25, 0.3) is 22.5 Å². The van der Waals surface area contributed by atoms with Crippen molar-refractivity contribution in [2.75, 3.05) is 6.26 Å². The summed E-state index contributed by atoms with van der Waals surface area (Å²) in [6.45, 7) is 0. The number of rotatable bonds is 2. The number of fused-ring (bicyclic) bond motifs is 3. The van der Waals surface area contributed by atoms with E-state index in [0.717, 1.165) is 10.5 Å². The molecule has 4 heteroatoms. The quantitative estimate of drug-likeness (QED) is 0.557. The Morgan fingerprint density at radius 3 is 2.30 bits per heavy atom. The molecule has 3 aromatic rings. The van der Waals surface area contributed by atoms with E-state index < -0.39 is 0 Å². The molecule has 0 atom stereocenters. The number of ketones is 1. The van der Waals surface area contributed by atoms with Crippen molar-refractivity contribution in [1.82, 2.24) is 4.98 Å². The number of nitrogens with zero attached hydrogens (tertiary/aromatic N) is 1. The summed E-state index contributed by atoms with van der Waals surface area (Å²) >= 11 is 1.52. The molecule has 0 spiro atoms. The molecular formula is C19H13NO2S. The molecule has 1 aliphatic rings. The van der Waals surface area contributed by atoms with Gasteiger partial charge in [-0.3, -0.25) is 4.79 Å². The summed E-state index contributed by atoms with van der Waals surface area (Å²) in [4.78, 5) is 18.3. The van der Waals surface area contributed by atoms with Gasteiger partial charge in [0.1, 0.15) is 5.75 Å². The monoisotopic (exact) mass is 319 g/mol. The number of benzene rings is 2. The molecule has 3 nitrogen and oxygen atoms in total. The van der Waals surface area contributed by atoms with Crippen molar-refractivity contribution in [3.8, 4) is 28.3 Å². The minimum atomic E-state index is 0.0243. The lowest BCUT2D eigenvalue weighted by atomic mass is 10.1. The van der Waals surface area contributed by atoms with Gasteiger partial charge in [-0.05, 0) is 24.5 Å². The van der Waals surface area contributed by atoms with Crippen molar-refractivity contribution in [3.05, 3.63) is 65.7 Å². The van der Waals surface area contributed by atoms with Crippen molar-refractivity contribution in [3.63, 3.8) is 0 Å². The third-order valence-electron chi connectivity index (χ3n) is 4.04. The number of thioether (sulfide) groups is 1. The maximum Gasteiger partial charge on any atom is 0.197 e. The average Bonchev–Trinajstić information content (AvgIpc) is 2.88. The SMILES string of the molecule is CSc1cc(-c2ccccc2O)nc2c1C(=O)c1ccccc1-2. The first kappa shape index (κ1) is 14.0. The second-order valence-corrected chi connectivity index (χ2v) is 6.17. The number of carbonyl (C=O) groups excluding carboxylic acids is 1. The van der Waals surface area contributed by atoms with Crippen molar-refractivity contribution < 1.29 is 9.90 Å². The van der Waals surface area contributed by atoms with Gasteiger partial charge in [-0.2, -0.15) is 0 Å². The molecule has 4 rings (SSSR count). The Labute approximate surface area is 138 Å². The molecule has 0 aliphatic heterocycles. The lowest BCUT2D eigenvalue weighted by molar-refractivity contribution is 0.104. The van der Waals surface area contributed by atoms with Crippen LogP contribution < -0.4 is 0 Å². The zero-order chi connectivity index (χ0) is 16.0. The van der Waals surface area contributed by atoms with E-state index >= 15 is 0 Å². The molecule has 0 saturated carbocycles. The number of aromatic nitrogens is 1. The van der Waals surface area contributed by atoms with Crippen LogP contribution in [-0.2, 0) is 0 Å². The van der Waals surface area contributed by atoms with Gasteiger partial charge in [0, 0.05) is 21.6 Å². The van der Waals surface area contributed by atoms with E-state index in [1.54, 1.807) is 12.1 Å². The first-order valence-electron chi connectivity index (χ1n) is 7.22. The highest BCUT2D eigenvalue weighted by Gasteiger charge is 2.31. The first-order chi connectivity index (χ1) is 11.2. The third-order valence-corrected chi connectivity index (χ3v) is 4.80. The number of aromatic hydroxyl groups is 1. The molecular weight excluding hydrogens is 306 g/mol. The highest BCUT2D eigenvalue weighted by molar-refractivity contribution is 7.98. The van der Waals surface area contributed by atoms with Crippen LogP contribution in [0.3, 0.4) is 0 Å². The third kappa shape index (κ3) is 2.06. The summed E-state index contributed by atoms with van der Waals surface area (Å²) < 4.78 is 0. The molecule has 1 heterocycles. The van der Waals surface area contributed by atoms with E-state index in [4.69, 9.17) is 4.98 Å². The van der Waals surface area contributed by atoms with E-state index in [1.165, 1.54) is 11.8 Å². The Hall–Kier alpha value is -2.59. The molecule has 23 heavy (non-hydrogen) atoms. The van der Waals surface area contributed by atoms with Crippen LogP contribution in [0.4, 0.5) is 0 Å². The highest BCUT2D eigenvalue weighted by Crippen LogP contribution is 2.42. The molecule has 0 saturated heterocycles. The van der Waals surface area contributed by atoms with Crippen LogP contribution in [0.15, 0.2) is 59.5 Å². The molecule has 0 radical (unpaired) electrons. The zero-order valence-corrected chi connectivity index (χ0v) is 13.2. The number of hydrogen-bond donors (Lipinski definition) is 1. The van der Waals surface area contributed by atoms with Crippen LogP contribution in [0.2, 0.25) is 0 Å². The number of phenolic OH excluding ortho intramolecular Hbond substituents is 1. The minimum absolute atomic E-state index is 0.0243. The van der Waals surface area contributed by atoms with E-state index in [9.17, 15) is 9.90 Å². The van der Waals surface area contributed by atoms with Crippen LogP contribution in [0.1, 0.15) is 15.9 Å². The fraction of sp³-hybridized carbons (Fsp3) is 0.0526. The van der Waals surface area contributed by atoms with Crippen molar-refractivity contribution >= 4 is 17.5 Å². The summed E-state index contributed by atoms with van der Waals surface area (Å²) in [5, 5.41) is 10.1.